The van der Waals surface area contributed by atoms with E-state index in [1.54, 1.807) is 37.2 Å². The van der Waals surface area contributed by atoms with Gasteiger partial charge in [-0.1, -0.05) is 162 Å². The normalized spacial score (nSPS) is 10.9. The summed E-state index contributed by atoms with van der Waals surface area (Å²) in [6.45, 7) is 12.3. The molecule has 0 aliphatic carbocycles. The minimum absolute atomic E-state index is 0.642. The molecule has 0 bridgehead atoms. The van der Waals surface area contributed by atoms with E-state index in [4.69, 9.17) is 0 Å². The van der Waals surface area contributed by atoms with Crippen LogP contribution < -0.4 is 0 Å². The van der Waals surface area contributed by atoms with Gasteiger partial charge in [-0.15, -0.1) is 0 Å². The average molecular weight is 931 g/mol. The van der Waals surface area contributed by atoms with Crippen molar-refractivity contribution in [1.29, 1.82) is 0 Å². The minimum Gasteiger partial charge on any atom is -0.236 e. The fourth-order valence-corrected chi connectivity index (χ4v) is 8.57. The Morgan fingerprint density at radius 3 is 0.514 bits per heavy atom. The second-order valence-corrected chi connectivity index (χ2v) is 18.7. The summed E-state index contributed by atoms with van der Waals surface area (Å²) in [5.41, 5.74) is 24.2. The lowest BCUT2D eigenvalue weighted by Crippen LogP contribution is -1.96. The summed E-state index contributed by atoms with van der Waals surface area (Å²) in [5, 5.41) is 0. The molecule has 3 heterocycles. The molecule has 348 valence electrons. The van der Waals surface area contributed by atoms with Gasteiger partial charge < -0.3 is 0 Å². The molecule has 0 saturated heterocycles. The highest BCUT2D eigenvalue weighted by Crippen LogP contribution is 2.36. The van der Waals surface area contributed by atoms with E-state index in [1.807, 2.05) is 39.0 Å². The zero-order chi connectivity index (χ0) is 49.6. The first-order chi connectivity index (χ1) is 35.1. The number of benzene rings is 8. The van der Waals surface area contributed by atoms with Crippen molar-refractivity contribution in [3.05, 3.63) is 253 Å². The molecule has 0 aliphatic heterocycles. The summed E-state index contributed by atoms with van der Waals surface area (Å²) in [5.74, 6) is 1.92. The first-order valence-corrected chi connectivity index (χ1v) is 24.3. The first-order valence-electron chi connectivity index (χ1n) is 24.3. The standard InChI is InChI=1S/C45H36.C21H18N6/c1-31-4-10-34(11-5-31)37-16-22-40(23-17-37)43-28-44(41-24-18-38(19-25-41)35-12-6-32(2)7-13-35)30-45(29-43)42-26-20-39(21-27-42)36-14-8-33(3)9-15-36;1-13-7-22-19(23-8-13)16-4-17(20-24-9-14(2)10-25-20)6-18(5-16)21-26-11-15(3)12-27-21/h4-30H,1-3H3;4-12H,1-3H3. The quantitative estimate of drug-likeness (QED) is 0.143. The van der Waals surface area contributed by atoms with Crippen molar-refractivity contribution in [2.75, 3.05) is 0 Å². The van der Waals surface area contributed by atoms with Gasteiger partial charge in [0.2, 0.25) is 0 Å². The van der Waals surface area contributed by atoms with Crippen molar-refractivity contribution < 1.29 is 0 Å². The van der Waals surface area contributed by atoms with Crippen LogP contribution in [-0.4, -0.2) is 29.9 Å². The Balaban J connectivity index is 0.000000188. The molecule has 11 aromatic rings. The van der Waals surface area contributed by atoms with Gasteiger partial charge in [-0.05, 0) is 161 Å². The topological polar surface area (TPSA) is 77.3 Å². The highest BCUT2D eigenvalue weighted by Gasteiger charge is 2.13. The molecule has 0 saturated carbocycles. The molecular formula is C66H54N6. The minimum atomic E-state index is 0.642. The number of hydrogen-bond donors (Lipinski definition) is 0. The van der Waals surface area contributed by atoms with E-state index >= 15 is 0 Å². The van der Waals surface area contributed by atoms with Gasteiger partial charge in [0, 0.05) is 53.9 Å². The molecular weight excluding hydrogens is 877 g/mol. The smallest absolute Gasteiger partial charge is 0.159 e. The zero-order valence-corrected chi connectivity index (χ0v) is 41.5. The molecule has 8 aromatic carbocycles. The second kappa shape index (κ2) is 20.9. The third-order valence-corrected chi connectivity index (χ3v) is 12.8. The van der Waals surface area contributed by atoms with Gasteiger partial charge in [-0.2, -0.15) is 0 Å². The maximum absolute atomic E-state index is 4.45. The van der Waals surface area contributed by atoms with E-state index in [-0.39, 0.29) is 0 Å². The molecule has 0 radical (unpaired) electrons. The van der Waals surface area contributed by atoms with Crippen molar-refractivity contribution in [2.24, 2.45) is 0 Å². The Kier molecular flexibility index (Phi) is 13.6. The average Bonchev–Trinajstić information content (AvgIpc) is 3.42. The van der Waals surface area contributed by atoms with Gasteiger partial charge in [-0.25, -0.2) is 29.9 Å². The van der Waals surface area contributed by atoms with Gasteiger partial charge in [0.25, 0.3) is 0 Å². The summed E-state index contributed by atoms with van der Waals surface area (Å²) in [6, 6.07) is 66.1. The lowest BCUT2D eigenvalue weighted by Gasteiger charge is -2.13. The molecule has 11 rings (SSSR count). The molecule has 6 nitrogen and oxygen atoms in total. The number of hydrogen-bond acceptors (Lipinski definition) is 6. The lowest BCUT2D eigenvalue weighted by molar-refractivity contribution is 1.12. The molecule has 3 aromatic heterocycles. The number of rotatable bonds is 9. The van der Waals surface area contributed by atoms with Crippen LogP contribution in [0.4, 0.5) is 0 Å². The molecule has 0 atom stereocenters. The SMILES string of the molecule is Cc1ccc(-c2ccc(-c3cc(-c4ccc(-c5ccc(C)cc5)cc4)cc(-c4ccc(-c5ccc(C)cc5)cc4)c3)cc2)cc1.Cc1cnc(-c2cc(-c3ncc(C)cn3)cc(-c3ncc(C)cn3)c2)nc1. The Labute approximate surface area is 423 Å². The summed E-state index contributed by atoms with van der Waals surface area (Å²) in [7, 11) is 0. The van der Waals surface area contributed by atoms with Crippen molar-refractivity contribution in [3.63, 3.8) is 0 Å². The third kappa shape index (κ3) is 11.0. The van der Waals surface area contributed by atoms with E-state index in [2.05, 4.69) is 214 Å². The van der Waals surface area contributed by atoms with Crippen molar-refractivity contribution in [1.82, 2.24) is 29.9 Å². The van der Waals surface area contributed by atoms with Crippen LogP contribution >= 0.6 is 0 Å². The fourth-order valence-electron chi connectivity index (χ4n) is 8.57. The molecule has 0 fully saturated rings. The number of aromatic nitrogens is 6. The van der Waals surface area contributed by atoms with Crippen LogP contribution in [0.5, 0.6) is 0 Å². The molecule has 0 amide bonds. The summed E-state index contributed by atoms with van der Waals surface area (Å²) in [4.78, 5) is 26.7. The highest BCUT2D eigenvalue weighted by molar-refractivity contribution is 5.84. The van der Waals surface area contributed by atoms with E-state index in [9.17, 15) is 0 Å². The number of nitrogens with zero attached hydrogens (tertiary/aromatic N) is 6. The Bertz CT molecular complexity index is 3180. The van der Waals surface area contributed by atoms with E-state index in [0.717, 1.165) is 33.4 Å². The van der Waals surface area contributed by atoms with Crippen LogP contribution in [0.1, 0.15) is 33.4 Å². The number of aryl methyl sites for hydroxylation is 6. The maximum Gasteiger partial charge on any atom is 0.159 e. The van der Waals surface area contributed by atoms with Crippen LogP contribution in [0.3, 0.4) is 0 Å². The van der Waals surface area contributed by atoms with Gasteiger partial charge in [0.1, 0.15) is 0 Å². The molecule has 0 N–H and O–H groups in total. The van der Waals surface area contributed by atoms with Crippen LogP contribution in [0.25, 0.3) is 101 Å². The van der Waals surface area contributed by atoms with Crippen molar-refractivity contribution in [3.8, 4) is 101 Å². The van der Waals surface area contributed by atoms with Crippen LogP contribution in [0, 0.1) is 41.5 Å². The monoisotopic (exact) mass is 930 g/mol. The Morgan fingerprint density at radius 1 is 0.167 bits per heavy atom. The molecule has 72 heavy (non-hydrogen) atoms. The van der Waals surface area contributed by atoms with E-state index < -0.39 is 0 Å². The maximum atomic E-state index is 4.45. The van der Waals surface area contributed by atoms with Crippen LogP contribution in [0.2, 0.25) is 0 Å². The van der Waals surface area contributed by atoms with Gasteiger partial charge >= 0.3 is 0 Å². The van der Waals surface area contributed by atoms with Gasteiger partial charge in [0.05, 0.1) is 0 Å². The van der Waals surface area contributed by atoms with Gasteiger partial charge in [0.15, 0.2) is 17.5 Å². The largest absolute Gasteiger partial charge is 0.236 e. The molecule has 0 spiro atoms. The van der Waals surface area contributed by atoms with Gasteiger partial charge in [-0.3, -0.25) is 0 Å². The lowest BCUT2D eigenvalue weighted by atomic mass is 9.91. The predicted molar refractivity (Wildman–Crippen MR) is 297 cm³/mol. The van der Waals surface area contributed by atoms with Crippen LogP contribution in [0.15, 0.2) is 219 Å². The highest BCUT2D eigenvalue weighted by atomic mass is 14.9. The van der Waals surface area contributed by atoms with Crippen molar-refractivity contribution >= 4 is 0 Å². The molecule has 6 heteroatoms. The summed E-state index contributed by atoms with van der Waals surface area (Å²) < 4.78 is 0. The fraction of sp³-hybridized carbons (Fsp3) is 0.0909. The van der Waals surface area contributed by atoms with Crippen molar-refractivity contribution in [2.45, 2.75) is 41.5 Å². The zero-order valence-electron chi connectivity index (χ0n) is 41.5. The van der Waals surface area contributed by atoms with E-state index in [1.165, 1.54) is 83.5 Å². The predicted octanol–water partition coefficient (Wildman–Crippen LogP) is 16.6. The van der Waals surface area contributed by atoms with E-state index in [0.29, 0.717) is 17.5 Å². The third-order valence-electron chi connectivity index (χ3n) is 12.8. The molecule has 0 unspecified atom stereocenters. The second-order valence-electron chi connectivity index (χ2n) is 18.7. The Hall–Kier alpha value is -9.00. The Morgan fingerprint density at radius 2 is 0.319 bits per heavy atom. The summed E-state index contributed by atoms with van der Waals surface area (Å²) in [6.07, 6.45) is 10.8. The molecule has 0 aliphatic rings. The summed E-state index contributed by atoms with van der Waals surface area (Å²) >= 11 is 0. The van der Waals surface area contributed by atoms with Crippen LogP contribution in [-0.2, 0) is 0 Å². The first kappa shape index (κ1) is 46.7.